The minimum Gasteiger partial charge on any atom is -0.491 e. The maximum atomic E-state index is 6.19. The Kier molecular flexibility index (Phi) is 4.47. The van der Waals surface area contributed by atoms with Crippen molar-refractivity contribution in [3.63, 3.8) is 0 Å². The summed E-state index contributed by atoms with van der Waals surface area (Å²) in [6, 6.07) is 8.58. The summed E-state index contributed by atoms with van der Waals surface area (Å²) in [5, 5.41) is 0. The Morgan fingerprint density at radius 3 is 2.89 bits per heavy atom. The van der Waals surface area contributed by atoms with E-state index in [9.17, 15) is 0 Å². The van der Waals surface area contributed by atoms with Crippen LogP contribution < -0.4 is 9.64 Å². The van der Waals surface area contributed by atoms with Crippen molar-refractivity contribution in [1.29, 1.82) is 0 Å². The van der Waals surface area contributed by atoms with Gasteiger partial charge in [0.1, 0.15) is 30.3 Å². The first-order valence-corrected chi connectivity index (χ1v) is 12.6. The van der Waals surface area contributed by atoms with Crippen molar-refractivity contribution in [2.45, 2.75) is 58.4 Å². The molecule has 1 N–H and O–H groups in total. The molecule has 3 aliphatic carbocycles. The molecule has 2 atom stereocenters. The van der Waals surface area contributed by atoms with Gasteiger partial charge in [-0.05, 0) is 61.3 Å². The molecule has 4 heterocycles. The second kappa shape index (κ2) is 7.51. The Labute approximate surface area is 205 Å². The van der Waals surface area contributed by atoms with E-state index in [1.807, 2.05) is 13.1 Å². The zero-order valence-electron chi connectivity index (χ0n) is 20.5. The van der Waals surface area contributed by atoms with Gasteiger partial charge in [-0.1, -0.05) is 19.9 Å². The summed E-state index contributed by atoms with van der Waals surface area (Å²) in [5.41, 5.74) is 8.05. The molecule has 1 aliphatic heterocycles. The standard InChI is InChI=1S/C28H30N6O/c1-16-32-22-11-19(13-29-26(22)33-16)17-5-7-23-20(10-17)14-34(8-9-35-23)27-24-21-6-4-18(12-28(21,2)3)25(24)30-15-31-27/h5,7,10-11,13,15,18,21H,4,6,8-9,12,14H2,1-3H3,(H,29,32,33). The molecular weight excluding hydrogens is 436 g/mol. The monoisotopic (exact) mass is 466 g/mol. The number of rotatable bonds is 2. The Morgan fingerprint density at radius 1 is 1.09 bits per heavy atom. The topological polar surface area (TPSA) is 79.8 Å². The number of ether oxygens (including phenoxy) is 1. The largest absolute Gasteiger partial charge is 0.491 e. The molecular formula is C28H30N6O. The summed E-state index contributed by atoms with van der Waals surface area (Å²) in [6.07, 6.45) is 7.39. The first-order valence-electron chi connectivity index (χ1n) is 12.6. The molecule has 7 heteroatoms. The molecule has 7 nitrogen and oxygen atoms in total. The number of benzene rings is 1. The van der Waals surface area contributed by atoms with E-state index in [4.69, 9.17) is 14.7 Å². The summed E-state index contributed by atoms with van der Waals surface area (Å²) >= 11 is 0. The third kappa shape index (κ3) is 3.32. The van der Waals surface area contributed by atoms with Crippen LogP contribution in [0, 0.1) is 12.3 Å². The van der Waals surface area contributed by atoms with Gasteiger partial charge in [0.05, 0.1) is 17.8 Å². The number of aromatic nitrogens is 5. The lowest BCUT2D eigenvalue weighted by Gasteiger charge is -2.49. The van der Waals surface area contributed by atoms with Gasteiger partial charge in [0.25, 0.3) is 0 Å². The van der Waals surface area contributed by atoms with E-state index in [0.717, 1.165) is 52.8 Å². The van der Waals surface area contributed by atoms with Crippen molar-refractivity contribution in [1.82, 2.24) is 24.9 Å². The minimum atomic E-state index is 0.291. The molecule has 1 fully saturated rings. The number of aryl methyl sites for hydroxylation is 1. The zero-order chi connectivity index (χ0) is 23.7. The lowest BCUT2D eigenvalue weighted by molar-refractivity contribution is 0.152. The highest BCUT2D eigenvalue weighted by Gasteiger charge is 2.47. The van der Waals surface area contributed by atoms with Crippen molar-refractivity contribution in [2.24, 2.45) is 5.41 Å². The molecule has 0 amide bonds. The summed E-state index contributed by atoms with van der Waals surface area (Å²) in [5.74, 6) is 4.01. The van der Waals surface area contributed by atoms with Gasteiger partial charge in [0, 0.05) is 35.3 Å². The zero-order valence-corrected chi connectivity index (χ0v) is 20.5. The Bertz CT molecular complexity index is 1460. The normalized spacial score (nSPS) is 22.4. The van der Waals surface area contributed by atoms with Gasteiger partial charge in [-0.2, -0.15) is 0 Å². The molecule has 4 aliphatic rings. The van der Waals surface area contributed by atoms with Gasteiger partial charge in [0.15, 0.2) is 5.65 Å². The second-order valence-electron chi connectivity index (χ2n) is 11.0. The number of nitrogens with one attached hydrogen (secondary N) is 1. The lowest BCUT2D eigenvalue weighted by atomic mass is 9.56. The predicted molar refractivity (Wildman–Crippen MR) is 136 cm³/mol. The summed E-state index contributed by atoms with van der Waals surface area (Å²) in [7, 11) is 0. The molecule has 178 valence electrons. The third-order valence-corrected chi connectivity index (χ3v) is 8.28. The van der Waals surface area contributed by atoms with E-state index < -0.39 is 0 Å². The van der Waals surface area contributed by atoms with Crippen molar-refractivity contribution < 1.29 is 4.74 Å². The van der Waals surface area contributed by atoms with E-state index >= 15 is 0 Å². The van der Waals surface area contributed by atoms with Crippen LogP contribution in [0.25, 0.3) is 22.3 Å². The average Bonchev–Trinajstić information content (AvgIpc) is 3.09. The van der Waals surface area contributed by atoms with Crippen LogP contribution in [0.1, 0.15) is 67.6 Å². The highest BCUT2D eigenvalue weighted by molar-refractivity contribution is 5.78. The fourth-order valence-corrected chi connectivity index (χ4v) is 6.65. The Morgan fingerprint density at radius 2 is 2.00 bits per heavy atom. The number of fused-ring (bicyclic) bond motifs is 4. The van der Waals surface area contributed by atoms with Crippen LogP contribution in [0.4, 0.5) is 5.82 Å². The van der Waals surface area contributed by atoms with Crippen LogP contribution in [0.3, 0.4) is 0 Å². The molecule has 2 unspecified atom stereocenters. The number of aromatic amines is 1. The van der Waals surface area contributed by atoms with Gasteiger partial charge < -0.3 is 14.6 Å². The number of imidazole rings is 1. The van der Waals surface area contributed by atoms with Crippen molar-refractivity contribution >= 4 is 17.0 Å². The number of hydrogen-bond acceptors (Lipinski definition) is 6. The van der Waals surface area contributed by atoms with Gasteiger partial charge in [-0.15, -0.1) is 0 Å². The smallest absolute Gasteiger partial charge is 0.177 e. The molecule has 4 aromatic rings. The lowest BCUT2D eigenvalue weighted by Crippen LogP contribution is -2.39. The summed E-state index contributed by atoms with van der Waals surface area (Å²) in [6.45, 7) is 9.01. The van der Waals surface area contributed by atoms with Crippen LogP contribution in [0.15, 0.2) is 36.8 Å². The molecule has 0 spiro atoms. The molecule has 3 aromatic heterocycles. The van der Waals surface area contributed by atoms with Crippen molar-refractivity contribution in [3.8, 4) is 16.9 Å². The van der Waals surface area contributed by atoms with Crippen LogP contribution in [0.2, 0.25) is 0 Å². The van der Waals surface area contributed by atoms with Gasteiger partial charge in [0.2, 0.25) is 0 Å². The number of H-pyrrole nitrogens is 1. The number of anilines is 1. The Balaban J connectivity index is 1.27. The van der Waals surface area contributed by atoms with Crippen molar-refractivity contribution in [3.05, 3.63) is 59.4 Å². The summed E-state index contributed by atoms with van der Waals surface area (Å²) < 4.78 is 6.19. The molecule has 1 aromatic carbocycles. The van der Waals surface area contributed by atoms with Gasteiger partial charge >= 0.3 is 0 Å². The first kappa shape index (κ1) is 20.9. The molecule has 35 heavy (non-hydrogen) atoms. The van der Waals surface area contributed by atoms with Gasteiger partial charge in [-0.3, -0.25) is 0 Å². The van der Waals surface area contributed by atoms with Crippen molar-refractivity contribution in [2.75, 3.05) is 18.1 Å². The first-order chi connectivity index (χ1) is 17.0. The quantitative estimate of drug-likeness (QED) is 0.419. The van der Waals surface area contributed by atoms with Crippen LogP contribution in [0.5, 0.6) is 5.75 Å². The van der Waals surface area contributed by atoms with Gasteiger partial charge in [-0.25, -0.2) is 19.9 Å². The minimum absolute atomic E-state index is 0.291. The maximum Gasteiger partial charge on any atom is 0.177 e. The molecule has 0 radical (unpaired) electrons. The predicted octanol–water partition coefficient (Wildman–Crippen LogP) is 5.51. The van der Waals surface area contributed by atoms with Crippen LogP contribution >= 0.6 is 0 Å². The van der Waals surface area contributed by atoms with Crippen LogP contribution in [-0.2, 0) is 6.54 Å². The van der Waals surface area contributed by atoms with E-state index in [0.29, 0.717) is 23.9 Å². The molecule has 1 saturated carbocycles. The molecule has 0 saturated heterocycles. The van der Waals surface area contributed by atoms with Crippen LogP contribution in [-0.4, -0.2) is 38.1 Å². The van der Waals surface area contributed by atoms with E-state index in [1.54, 1.807) is 6.33 Å². The number of nitrogens with zero attached hydrogens (tertiary/aromatic N) is 5. The maximum absolute atomic E-state index is 6.19. The fourth-order valence-electron chi connectivity index (χ4n) is 6.65. The van der Waals surface area contributed by atoms with E-state index in [-0.39, 0.29) is 0 Å². The molecule has 2 bridgehead atoms. The average molecular weight is 467 g/mol. The third-order valence-electron chi connectivity index (χ3n) is 8.28. The highest BCUT2D eigenvalue weighted by atomic mass is 16.5. The number of hydrogen-bond donors (Lipinski definition) is 1. The molecule has 8 rings (SSSR count). The Hall–Kier alpha value is -3.48. The number of pyridine rings is 1. The second-order valence-corrected chi connectivity index (χ2v) is 11.0. The fraction of sp³-hybridized carbons (Fsp3) is 0.429. The SMILES string of the molecule is Cc1nc2ncc(-c3ccc4c(c3)CN(c3ncnc5c3C3CCC5CC3(C)C)CCO4)cc2[nH]1. The summed E-state index contributed by atoms with van der Waals surface area (Å²) in [4.78, 5) is 24.3. The van der Waals surface area contributed by atoms with E-state index in [2.05, 4.69) is 58.0 Å². The van der Waals surface area contributed by atoms with E-state index in [1.165, 1.54) is 36.1 Å². The highest BCUT2D eigenvalue weighted by Crippen LogP contribution is 2.59.